The molecule has 1 aliphatic rings. The lowest BCUT2D eigenvalue weighted by Crippen LogP contribution is -2.43. The number of nitrogens with two attached hydrogens (primary N) is 2. The molecule has 2 rings (SSSR count). The molecule has 1 fully saturated rings. The zero-order valence-electron chi connectivity index (χ0n) is 12.7. The van der Waals surface area contributed by atoms with Gasteiger partial charge in [-0.05, 0) is 48.9 Å². The predicted molar refractivity (Wildman–Crippen MR) is 91.7 cm³/mol. The van der Waals surface area contributed by atoms with Crippen LogP contribution < -0.4 is 11.7 Å². The molecule has 5 heteroatoms. The number of rotatable bonds is 4. The number of amidine groups is 1. The molecule has 1 aliphatic carbocycles. The van der Waals surface area contributed by atoms with Crippen molar-refractivity contribution in [1.29, 1.82) is 0 Å². The maximum absolute atomic E-state index is 6.21. The summed E-state index contributed by atoms with van der Waals surface area (Å²) in [4.78, 5) is 0. The summed E-state index contributed by atoms with van der Waals surface area (Å²) in [6, 6.07) is 6.24. The van der Waals surface area contributed by atoms with Crippen LogP contribution in [0.4, 0.5) is 0 Å². The molecule has 0 bridgehead atoms. The summed E-state index contributed by atoms with van der Waals surface area (Å²) < 4.78 is 1.07. The third kappa shape index (κ3) is 4.71. The van der Waals surface area contributed by atoms with Crippen LogP contribution >= 0.6 is 15.9 Å². The minimum Gasteiger partial charge on any atom is -0.322 e. The van der Waals surface area contributed by atoms with Gasteiger partial charge in [-0.1, -0.05) is 41.3 Å². The number of halogens is 1. The number of nitrogens with zero attached hydrogens (tertiary/aromatic N) is 2. The molecular weight excluding hydrogens is 328 g/mol. The van der Waals surface area contributed by atoms with Gasteiger partial charge in [0.05, 0.1) is 0 Å². The van der Waals surface area contributed by atoms with Gasteiger partial charge in [0.15, 0.2) is 0 Å². The molecule has 1 saturated carbocycles. The molecule has 4 nitrogen and oxygen atoms in total. The molecule has 4 N–H and O–H groups in total. The third-order valence-electron chi connectivity index (χ3n) is 4.32. The number of hydrogen-bond donors (Lipinski definition) is 2. The van der Waals surface area contributed by atoms with Gasteiger partial charge in [-0.15, -0.1) is 0 Å². The zero-order chi connectivity index (χ0) is 15.2. The summed E-state index contributed by atoms with van der Waals surface area (Å²) in [5, 5.41) is 5.67. The molecule has 0 radical (unpaired) electrons. The standard InChI is InChI=1S/C16H25BrN4/c1-12-7-8-15(17)9-14(12)10-16(20-18)21(19)11-13-5-3-2-4-6-13/h7-9,13H,2-6,10-11,18-19H2,1H3/b20-16-. The maximum Gasteiger partial charge on any atom is 0.142 e. The molecule has 21 heavy (non-hydrogen) atoms. The van der Waals surface area contributed by atoms with Crippen LogP contribution in [0.3, 0.4) is 0 Å². The first-order valence-electron chi connectivity index (χ1n) is 7.64. The van der Waals surface area contributed by atoms with Gasteiger partial charge in [-0.2, -0.15) is 5.10 Å². The van der Waals surface area contributed by atoms with E-state index >= 15 is 0 Å². The molecule has 0 unspecified atom stereocenters. The number of aryl methyl sites for hydroxylation is 1. The SMILES string of the molecule is Cc1ccc(Br)cc1C/C(=N/N)N(N)CC1CCCCC1. The second-order valence-electron chi connectivity index (χ2n) is 5.95. The lowest BCUT2D eigenvalue weighted by atomic mass is 9.89. The molecular formula is C16H25BrN4. The van der Waals surface area contributed by atoms with Gasteiger partial charge in [0, 0.05) is 17.4 Å². The molecule has 0 spiro atoms. The van der Waals surface area contributed by atoms with Crippen LogP contribution in [-0.2, 0) is 6.42 Å². The summed E-state index contributed by atoms with van der Waals surface area (Å²) >= 11 is 3.51. The van der Waals surface area contributed by atoms with E-state index in [0.717, 1.165) is 16.9 Å². The molecule has 0 atom stereocenters. The van der Waals surface area contributed by atoms with Gasteiger partial charge in [0.2, 0.25) is 0 Å². The number of hydrazone groups is 1. The van der Waals surface area contributed by atoms with E-state index in [4.69, 9.17) is 11.7 Å². The number of benzene rings is 1. The Balaban J connectivity index is 2.00. The predicted octanol–water partition coefficient (Wildman–Crippen LogP) is 3.33. The van der Waals surface area contributed by atoms with Crippen LogP contribution in [0.2, 0.25) is 0 Å². The van der Waals surface area contributed by atoms with Gasteiger partial charge in [0.25, 0.3) is 0 Å². The van der Waals surface area contributed by atoms with Crippen LogP contribution in [0, 0.1) is 12.8 Å². The lowest BCUT2D eigenvalue weighted by Gasteiger charge is -2.28. The fraction of sp³-hybridized carbons (Fsp3) is 0.562. The minimum absolute atomic E-state index is 0.670. The van der Waals surface area contributed by atoms with E-state index in [-0.39, 0.29) is 0 Å². The van der Waals surface area contributed by atoms with Crippen LogP contribution in [-0.4, -0.2) is 17.4 Å². The third-order valence-corrected chi connectivity index (χ3v) is 4.81. The van der Waals surface area contributed by atoms with Crippen molar-refractivity contribution in [3.8, 4) is 0 Å². The Morgan fingerprint density at radius 1 is 1.33 bits per heavy atom. The highest BCUT2D eigenvalue weighted by Gasteiger charge is 2.18. The topological polar surface area (TPSA) is 67.6 Å². The van der Waals surface area contributed by atoms with Gasteiger partial charge < -0.3 is 5.84 Å². The van der Waals surface area contributed by atoms with Crippen molar-refractivity contribution < 1.29 is 0 Å². The van der Waals surface area contributed by atoms with Crippen molar-refractivity contribution in [2.24, 2.45) is 22.7 Å². The molecule has 0 aromatic heterocycles. The van der Waals surface area contributed by atoms with Crippen molar-refractivity contribution >= 4 is 21.8 Å². The molecule has 1 aromatic rings. The van der Waals surface area contributed by atoms with Gasteiger partial charge >= 0.3 is 0 Å². The first kappa shape index (κ1) is 16.3. The summed E-state index contributed by atoms with van der Waals surface area (Å²) in [5.41, 5.74) is 2.43. The fourth-order valence-electron chi connectivity index (χ4n) is 2.98. The Morgan fingerprint density at radius 2 is 2.05 bits per heavy atom. The Bertz CT molecular complexity index is 495. The summed E-state index contributed by atoms with van der Waals surface area (Å²) in [5.74, 6) is 13.2. The first-order chi connectivity index (χ1) is 10.1. The average molecular weight is 353 g/mol. The summed E-state index contributed by atoms with van der Waals surface area (Å²) in [7, 11) is 0. The van der Waals surface area contributed by atoms with Crippen molar-refractivity contribution in [3.63, 3.8) is 0 Å². The number of hydrogen-bond acceptors (Lipinski definition) is 3. The van der Waals surface area contributed by atoms with Crippen molar-refractivity contribution in [2.45, 2.75) is 45.4 Å². The van der Waals surface area contributed by atoms with E-state index in [0.29, 0.717) is 12.3 Å². The van der Waals surface area contributed by atoms with Crippen LogP contribution in [0.25, 0.3) is 0 Å². The highest BCUT2D eigenvalue weighted by atomic mass is 79.9. The molecule has 116 valence electrons. The minimum atomic E-state index is 0.670. The molecule has 0 saturated heterocycles. The van der Waals surface area contributed by atoms with E-state index in [9.17, 15) is 0 Å². The fourth-order valence-corrected chi connectivity index (χ4v) is 3.38. The molecule has 0 aliphatic heterocycles. The monoisotopic (exact) mass is 352 g/mol. The van der Waals surface area contributed by atoms with Crippen molar-refractivity contribution in [2.75, 3.05) is 6.54 Å². The molecule has 0 amide bonds. The van der Waals surface area contributed by atoms with E-state index in [1.54, 1.807) is 5.01 Å². The second-order valence-corrected chi connectivity index (χ2v) is 6.86. The van der Waals surface area contributed by atoms with E-state index in [2.05, 4.69) is 40.1 Å². The van der Waals surface area contributed by atoms with E-state index in [1.807, 2.05) is 6.07 Å². The number of hydrazine groups is 1. The van der Waals surface area contributed by atoms with Crippen LogP contribution in [0.15, 0.2) is 27.8 Å². The first-order valence-corrected chi connectivity index (χ1v) is 8.43. The molecule has 0 heterocycles. The summed E-state index contributed by atoms with van der Waals surface area (Å²) in [6.07, 6.45) is 7.20. The Hall–Kier alpha value is -1.07. The maximum atomic E-state index is 6.21. The van der Waals surface area contributed by atoms with Gasteiger partial charge in [0.1, 0.15) is 5.84 Å². The Morgan fingerprint density at radius 3 is 2.71 bits per heavy atom. The zero-order valence-corrected chi connectivity index (χ0v) is 14.3. The van der Waals surface area contributed by atoms with Crippen molar-refractivity contribution in [1.82, 2.24) is 5.01 Å². The lowest BCUT2D eigenvalue weighted by molar-refractivity contribution is 0.275. The van der Waals surface area contributed by atoms with Crippen LogP contribution in [0.5, 0.6) is 0 Å². The molecule has 1 aromatic carbocycles. The highest BCUT2D eigenvalue weighted by Crippen LogP contribution is 2.24. The Labute approximate surface area is 135 Å². The summed E-state index contributed by atoms with van der Waals surface area (Å²) in [6.45, 7) is 2.95. The van der Waals surface area contributed by atoms with E-state index in [1.165, 1.54) is 43.2 Å². The second kappa shape index (κ2) is 7.80. The Kier molecular flexibility index (Phi) is 6.06. The smallest absolute Gasteiger partial charge is 0.142 e. The van der Waals surface area contributed by atoms with Crippen LogP contribution in [0.1, 0.15) is 43.2 Å². The van der Waals surface area contributed by atoms with Crippen molar-refractivity contribution in [3.05, 3.63) is 33.8 Å². The average Bonchev–Trinajstić information content (AvgIpc) is 2.49. The largest absolute Gasteiger partial charge is 0.322 e. The highest BCUT2D eigenvalue weighted by molar-refractivity contribution is 9.10. The van der Waals surface area contributed by atoms with E-state index < -0.39 is 0 Å². The normalized spacial score (nSPS) is 17.0. The van der Waals surface area contributed by atoms with Gasteiger partial charge in [-0.25, -0.2) is 5.84 Å². The van der Waals surface area contributed by atoms with Gasteiger partial charge in [-0.3, -0.25) is 5.01 Å². The quantitative estimate of drug-likeness (QED) is 0.378.